The summed E-state index contributed by atoms with van der Waals surface area (Å²) in [6, 6.07) is 0. The fourth-order valence-electron chi connectivity index (χ4n) is 0. The van der Waals surface area contributed by atoms with E-state index < -0.39 is 11.9 Å². The molecule has 0 amide bonds. The summed E-state index contributed by atoms with van der Waals surface area (Å²) in [6.07, 6.45) is 0. The largest absolute Gasteiger partial charge is 0.473 e. The average molecular weight is 164 g/mol. The molecular formula is C5H8O6. The number of rotatable bonds is 0. The van der Waals surface area contributed by atoms with Gasteiger partial charge in [-0.05, 0) is 0 Å². The molecule has 64 valence electrons. The smallest absolute Gasteiger partial charge is 0.414 e. The van der Waals surface area contributed by atoms with Gasteiger partial charge in [-0.2, -0.15) is 0 Å². The molecule has 0 aliphatic heterocycles. The van der Waals surface area contributed by atoms with Crippen LogP contribution in [0.3, 0.4) is 0 Å². The SMILES string of the molecule is COC(C)=O.O=C(O)C(=O)O. The standard InChI is InChI=1S/C3H6O2.C2H2O4/c1-3(4)5-2;3-1(4)2(5)6/h1-2H3;(H,3,4)(H,5,6). The second kappa shape index (κ2) is 6.53. The van der Waals surface area contributed by atoms with Gasteiger partial charge in [0.25, 0.3) is 0 Å². The highest BCUT2D eigenvalue weighted by Gasteiger charge is 2.04. The minimum atomic E-state index is -1.82. The number of esters is 1. The molecule has 0 heterocycles. The van der Waals surface area contributed by atoms with Crippen LogP contribution in [0.2, 0.25) is 0 Å². The number of ether oxygens (including phenoxy) is 1. The van der Waals surface area contributed by atoms with E-state index in [1.807, 2.05) is 0 Å². The Balaban J connectivity index is 0. The van der Waals surface area contributed by atoms with Crippen molar-refractivity contribution in [3.8, 4) is 0 Å². The van der Waals surface area contributed by atoms with Gasteiger partial charge < -0.3 is 14.9 Å². The molecule has 0 rings (SSSR count). The van der Waals surface area contributed by atoms with E-state index in [1.54, 1.807) is 0 Å². The van der Waals surface area contributed by atoms with Crippen LogP contribution in [0.4, 0.5) is 0 Å². The molecule has 0 bridgehead atoms. The minimum absolute atomic E-state index is 0.245. The van der Waals surface area contributed by atoms with Crippen molar-refractivity contribution in [1.82, 2.24) is 0 Å². The Hall–Kier alpha value is -1.59. The Bertz CT molecular complexity index is 148. The van der Waals surface area contributed by atoms with Crippen LogP contribution in [0, 0.1) is 0 Å². The van der Waals surface area contributed by atoms with E-state index in [0.717, 1.165) is 0 Å². The topological polar surface area (TPSA) is 101 Å². The maximum Gasteiger partial charge on any atom is 0.414 e. The van der Waals surface area contributed by atoms with Gasteiger partial charge >= 0.3 is 17.9 Å². The van der Waals surface area contributed by atoms with Gasteiger partial charge in [0.2, 0.25) is 0 Å². The van der Waals surface area contributed by atoms with Crippen molar-refractivity contribution in [2.24, 2.45) is 0 Å². The average Bonchev–Trinajstić information content (AvgIpc) is 1.89. The molecule has 0 saturated carbocycles. The summed E-state index contributed by atoms with van der Waals surface area (Å²) >= 11 is 0. The van der Waals surface area contributed by atoms with Crippen molar-refractivity contribution >= 4 is 17.9 Å². The van der Waals surface area contributed by atoms with E-state index in [2.05, 4.69) is 4.74 Å². The lowest BCUT2D eigenvalue weighted by molar-refractivity contribution is -0.159. The lowest BCUT2D eigenvalue weighted by Crippen LogP contribution is -2.09. The second-order valence-corrected chi connectivity index (χ2v) is 1.31. The van der Waals surface area contributed by atoms with Crippen LogP contribution in [0.5, 0.6) is 0 Å². The summed E-state index contributed by atoms with van der Waals surface area (Å²) in [7, 11) is 1.35. The Kier molecular flexibility index (Phi) is 7.19. The molecule has 2 N–H and O–H groups in total. The van der Waals surface area contributed by atoms with Gasteiger partial charge in [0, 0.05) is 6.92 Å². The molecule has 0 atom stereocenters. The molecule has 0 aliphatic carbocycles. The summed E-state index contributed by atoms with van der Waals surface area (Å²) in [6.45, 7) is 1.36. The van der Waals surface area contributed by atoms with Gasteiger partial charge in [-0.15, -0.1) is 0 Å². The van der Waals surface area contributed by atoms with E-state index in [4.69, 9.17) is 19.8 Å². The number of carboxylic acid groups (broad SMARTS) is 2. The molecule has 0 spiro atoms. The molecule has 0 aromatic carbocycles. The third-order valence-corrected chi connectivity index (χ3v) is 0.470. The van der Waals surface area contributed by atoms with Gasteiger partial charge in [-0.1, -0.05) is 0 Å². The number of carbonyl (C=O) groups excluding carboxylic acids is 1. The molecule has 0 saturated heterocycles. The summed E-state index contributed by atoms with van der Waals surface area (Å²) in [5.41, 5.74) is 0. The zero-order valence-electron chi connectivity index (χ0n) is 6.03. The van der Waals surface area contributed by atoms with E-state index in [9.17, 15) is 4.79 Å². The highest BCUT2D eigenvalue weighted by atomic mass is 16.5. The van der Waals surface area contributed by atoms with Crippen LogP contribution in [0.15, 0.2) is 0 Å². The molecule has 0 aromatic rings. The predicted molar refractivity (Wildman–Crippen MR) is 33.0 cm³/mol. The van der Waals surface area contributed by atoms with Crippen LogP contribution < -0.4 is 0 Å². The first-order valence-corrected chi connectivity index (χ1v) is 2.42. The lowest BCUT2D eigenvalue weighted by atomic mass is 10.7. The molecular weight excluding hydrogens is 156 g/mol. The van der Waals surface area contributed by atoms with Gasteiger partial charge in [0.05, 0.1) is 7.11 Å². The van der Waals surface area contributed by atoms with E-state index >= 15 is 0 Å². The van der Waals surface area contributed by atoms with Crippen molar-refractivity contribution in [2.45, 2.75) is 6.92 Å². The molecule has 0 unspecified atom stereocenters. The third kappa shape index (κ3) is 17.8. The Morgan fingerprint density at radius 2 is 1.27 bits per heavy atom. The number of carboxylic acids is 2. The van der Waals surface area contributed by atoms with Gasteiger partial charge in [0.15, 0.2) is 0 Å². The van der Waals surface area contributed by atoms with Crippen molar-refractivity contribution in [2.75, 3.05) is 7.11 Å². The van der Waals surface area contributed by atoms with E-state index in [1.165, 1.54) is 14.0 Å². The maximum absolute atomic E-state index is 9.59. The van der Waals surface area contributed by atoms with E-state index in [0.29, 0.717) is 0 Å². The highest BCUT2D eigenvalue weighted by Crippen LogP contribution is 1.60. The molecule has 11 heavy (non-hydrogen) atoms. The summed E-state index contributed by atoms with van der Waals surface area (Å²) < 4.78 is 4.11. The lowest BCUT2D eigenvalue weighted by Gasteiger charge is -1.80. The van der Waals surface area contributed by atoms with Crippen molar-refractivity contribution < 1.29 is 29.3 Å². The van der Waals surface area contributed by atoms with Crippen molar-refractivity contribution in [3.05, 3.63) is 0 Å². The number of hydrogen-bond donors (Lipinski definition) is 2. The molecule has 0 radical (unpaired) electrons. The van der Waals surface area contributed by atoms with Crippen LogP contribution in [0.1, 0.15) is 6.92 Å². The predicted octanol–water partition coefficient (Wildman–Crippen LogP) is -0.665. The van der Waals surface area contributed by atoms with Gasteiger partial charge in [-0.25, -0.2) is 9.59 Å². The molecule has 6 heteroatoms. The molecule has 6 nitrogen and oxygen atoms in total. The second-order valence-electron chi connectivity index (χ2n) is 1.31. The normalized spacial score (nSPS) is 7.09. The molecule has 0 aromatic heterocycles. The van der Waals surface area contributed by atoms with E-state index in [-0.39, 0.29) is 5.97 Å². The maximum atomic E-state index is 9.59. The van der Waals surface area contributed by atoms with Crippen LogP contribution in [-0.2, 0) is 19.1 Å². The van der Waals surface area contributed by atoms with Crippen LogP contribution in [-0.4, -0.2) is 35.2 Å². The number of methoxy groups -OCH3 is 1. The molecule has 0 fully saturated rings. The fourth-order valence-corrected chi connectivity index (χ4v) is 0. The minimum Gasteiger partial charge on any atom is -0.473 e. The van der Waals surface area contributed by atoms with Crippen molar-refractivity contribution in [1.29, 1.82) is 0 Å². The first kappa shape index (κ1) is 12.1. The number of carbonyl (C=O) groups is 3. The number of hydrogen-bond acceptors (Lipinski definition) is 4. The number of aliphatic carboxylic acids is 2. The van der Waals surface area contributed by atoms with Crippen LogP contribution >= 0.6 is 0 Å². The van der Waals surface area contributed by atoms with Crippen LogP contribution in [0.25, 0.3) is 0 Å². The fraction of sp³-hybridized carbons (Fsp3) is 0.400. The first-order valence-electron chi connectivity index (χ1n) is 2.42. The third-order valence-electron chi connectivity index (χ3n) is 0.470. The zero-order valence-corrected chi connectivity index (χ0v) is 6.03. The summed E-state index contributed by atoms with van der Waals surface area (Å²) in [5.74, 6) is -3.89. The quantitative estimate of drug-likeness (QED) is 0.364. The first-order chi connectivity index (χ1) is 4.91. The monoisotopic (exact) mass is 164 g/mol. The Morgan fingerprint density at radius 3 is 1.27 bits per heavy atom. The van der Waals surface area contributed by atoms with Crippen molar-refractivity contribution in [3.63, 3.8) is 0 Å². The summed E-state index contributed by atoms with van der Waals surface area (Å²) in [4.78, 5) is 27.8. The summed E-state index contributed by atoms with van der Waals surface area (Å²) in [5, 5.41) is 14.8. The highest BCUT2D eigenvalue weighted by molar-refractivity contribution is 6.27. The zero-order chi connectivity index (χ0) is 9.44. The van der Waals surface area contributed by atoms with Gasteiger partial charge in [0.1, 0.15) is 0 Å². The Labute approximate surface area is 62.4 Å². The Morgan fingerprint density at radius 1 is 1.09 bits per heavy atom. The molecule has 0 aliphatic rings. The van der Waals surface area contributed by atoms with Gasteiger partial charge in [-0.3, -0.25) is 4.79 Å².